The molecule has 3 aromatic carbocycles. The summed E-state index contributed by atoms with van der Waals surface area (Å²) in [6.07, 6.45) is 0. The van der Waals surface area contributed by atoms with Crippen LogP contribution >= 0.6 is 15.9 Å². The van der Waals surface area contributed by atoms with Gasteiger partial charge in [0.2, 0.25) is 0 Å². The van der Waals surface area contributed by atoms with Crippen LogP contribution in [0.15, 0.2) is 98.7 Å². The Kier molecular flexibility index (Phi) is 5.83. The number of nitrogens with zero attached hydrogens (tertiary/aromatic N) is 1. The lowest BCUT2D eigenvalue weighted by Crippen LogP contribution is -2.32. The normalized spacial score (nSPS) is 11.8. The molecule has 5 nitrogen and oxygen atoms in total. The Hall–Kier alpha value is -2.77. The van der Waals surface area contributed by atoms with Crippen LogP contribution in [-0.4, -0.2) is 20.2 Å². The Bertz CT molecular complexity index is 1080. The molecule has 3 aromatic rings. The Morgan fingerprint density at radius 1 is 0.815 bits per heavy atom. The van der Waals surface area contributed by atoms with Gasteiger partial charge in [-0.2, -0.15) is 8.42 Å². The van der Waals surface area contributed by atoms with Gasteiger partial charge in [0.05, 0.1) is 10.5 Å². The molecule has 3 rings (SSSR count). The van der Waals surface area contributed by atoms with Gasteiger partial charge in [0.15, 0.2) is 5.84 Å². The van der Waals surface area contributed by atoms with Crippen molar-refractivity contribution in [3.05, 3.63) is 101 Å². The zero-order valence-corrected chi connectivity index (χ0v) is 16.4. The molecule has 0 radical (unpaired) electrons. The van der Waals surface area contributed by atoms with Crippen LogP contribution in [0.25, 0.3) is 0 Å². The number of benzene rings is 3. The standard InChI is InChI=1S/C20H15BrN2O3S/c21-18-14-8-7-13-17(18)20(24)22-19(15-9-3-1-4-10-15)23-27(25,26)16-11-5-2-6-12-16/h1-14H,(H,22,23,24). The summed E-state index contributed by atoms with van der Waals surface area (Å²) < 4.78 is 29.8. The number of carbonyl (C=O) groups is 1. The van der Waals surface area contributed by atoms with Gasteiger partial charge < -0.3 is 5.32 Å². The molecular weight excluding hydrogens is 428 g/mol. The SMILES string of the molecule is O=C(N/C(=N/S(=O)(=O)c1ccccc1)c1ccccc1)c1ccccc1Br. The highest BCUT2D eigenvalue weighted by Gasteiger charge is 2.18. The number of amidine groups is 1. The van der Waals surface area contributed by atoms with E-state index in [-0.39, 0.29) is 10.7 Å². The summed E-state index contributed by atoms with van der Waals surface area (Å²) in [5.41, 5.74) is 0.857. The van der Waals surface area contributed by atoms with Crippen molar-refractivity contribution in [3.63, 3.8) is 0 Å². The summed E-state index contributed by atoms with van der Waals surface area (Å²) in [5.74, 6) is -0.506. The molecule has 0 spiro atoms. The Balaban J connectivity index is 2.03. The highest BCUT2D eigenvalue weighted by molar-refractivity contribution is 9.10. The van der Waals surface area contributed by atoms with E-state index in [4.69, 9.17) is 0 Å². The highest BCUT2D eigenvalue weighted by Crippen LogP contribution is 2.17. The maximum atomic E-state index is 12.7. The minimum atomic E-state index is -3.98. The molecule has 0 aliphatic heterocycles. The minimum Gasteiger partial charge on any atom is -0.305 e. The first-order valence-electron chi connectivity index (χ1n) is 7.99. The molecule has 0 aromatic heterocycles. The van der Waals surface area contributed by atoms with Gasteiger partial charge in [0.25, 0.3) is 15.9 Å². The summed E-state index contributed by atoms with van der Waals surface area (Å²) in [6.45, 7) is 0. The molecule has 0 bridgehead atoms. The van der Waals surface area contributed by atoms with Crippen LogP contribution in [0, 0.1) is 0 Å². The number of rotatable bonds is 4. The van der Waals surface area contributed by atoms with Crippen molar-refractivity contribution >= 4 is 37.7 Å². The van der Waals surface area contributed by atoms with E-state index in [0.29, 0.717) is 15.6 Å². The molecule has 0 aliphatic rings. The second-order valence-electron chi connectivity index (χ2n) is 5.53. The largest absolute Gasteiger partial charge is 0.305 e. The van der Waals surface area contributed by atoms with Gasteiger partial charge >= 0.3 is 0 Å². The number of hydrogen-bond acceptors (Lipinski definition) is 3. The van der Waals surface area contributed by atoms with E-state index in [1.165, 1.54) is 12.1 Å². The predicted molar refractivity (Wildman–Crippen MR) is 108 cm³/mol. The predicted octanol–water partition coefficient (Wildman–Crippen LogP) is 4.01. The van der Waals surface area contributed by atoms with Gasteiger partial charge in [-0.15, -0.1) is 4.40 Å². The van der Waals surface area contributed by atoms with Gasteiger partial charge in [0.1, 0.15) is 0 Å². The van der Waals surface area contributed by atoms with Gasteiger partial charge in [-0.1, -0.05) is 60.7 Å². The Morgan fingerprint density at radius 3 is 2.00 bits per heavy atom. The van der Waals surface area contributed by atoms with Gasteiger partial charge in [-0.3, -0.25) is 4.79 Å². The third-order valence-electron chi connectivity index (χ3n) is 3.65. The van der Waals surface area contributed by atoms with Gasteiger partial charge in [0, 0.05) is 10.0 Å². The van der Waals surface area contributed by atoms with Gasteiger partial charge in [-0.05, 0) is 40.2 Å². The Labute approximate surface area is 166 Å². The quantitative estimate of drug-likeness (QED) is 0.489. The maximum Gasteiger partial charge on any atom is 0.284 e. The summed E-state index contributed by atoms with van der Waals surface area (Å²) in [4.78, 5) is 12.7. The van der Waals surface area contributed by atoms with Crippen molar-refractivity contribution in [1.29, 1.82) is 0 Å². The summed E-state index contributed by atoms with van der Waals surface area (Å²) in [5, 5.41) is 2.62. The first-order valence-corrected chi connectivity index (χ1v) is 10.2. The molecule has 0 unspecified atom stereocenters. The average molecular weight is 443 g/mol. The van der Waals surface area contributed by atoms with Crippen LogP contribution in [0.3, 0.4) is 0 Å². The fourth-order valence-electron chi connectivity index (χ4n) is 2.33. The van der Waals surface area contributed by atoms with Crippen LogP contribution < -0.4 is 5.32 Å². The van der Waals surface area contributed by atoms with Crippen LogP contribution in [-0.2, 0) is 10.0 Å². The molecule has 0 saturated heterocycles. The van der Waals surface area contributed by atoms with Crippen molar-refractivity contribution in [1.82, 2.24) is 5.32 Å². The van der Waals surface area contributed by atoms with E-state index in [0.717, 1.165) is 0 Å². The first kappa shape index (κ1) is 19.0. The summed E-state index contributed by atoms with van der Waals surface area (Å²) in [7, 11) is -3.98. The summed E-state index contributed by atoms with van der Waals surface area (Å²) >= 11 is 3.32. The van der Waals surface area contributed by atoms with E-state index >= 15 is 0 Å². The fraction of sp³-hybridized carbons (Fsp3) is 0. The van der Waals surface area contributed by atoms with Crippen molar-refractivity contribution in [2.24, 2.45) is 4.40 Å². The molecule has 27 heavy (non-hydrogen) atoms. The lowest BCUT2D eigenvalue weighted by atomic mass is 10.2. The lowest BCUT2D eigenvalue weighted by molar-refractivity contribution is 0.0976. The minimum absolute atomic E-state index is 0.0415. The molecule has 0 aliphatic carbocycles. The molecule has 1 N–H and O–H groups in total. The summed E-state index contributed by atoms with van der Waals surface area (Å²) in [6, 6.07) is 23.4. The van der Waals surface area contributed by atoms with Crippen LogP contribution in [0.1, 0.15) is 15.9 Å². The molecule has 1 amide bonds. The number of amides is 1. The molecule has 0 saturated carbocycles. The Morgan fingerprint density at radius 2 is 1.37 bits per heavy atom. The number of nitrogens with one attached hydrogen (secondary N) is 1. The van der Waals surface area contributed by atoms with Crippen molar-refractivity contribution in [2.75, 3.05) is 0 Å². The first-order chi connectivity index (χ1) is 13.0. The zero-order chi connectivity index (χ0) is 19.3. The second kappa shape index (κ2) is 8.28. The van der Waals surface area contributed by atoms with E-state index in [1.807, 2.05) is 0 Å². The third kappa shape index (κ3) is 4.69. The topological polar surface area (TPSA) is 75.6 Å². The second-order valence-corrected chi connectivity index (χ2v) is 7.99. The molecule has 0 heterocycles. The number of hydrogen-bond donors (Lipinski definition) is 1. The monoisotopic (exact) mass is 442 g/mol. The van der Waals surface area contributed by atoms with Crippen molar-refractivity contribution in [2.45, 2.75) is 4.90 Å². The van der Waals surface area contributed by atoms with Gasteiger partial charge in [-0.25, -0.2) is 0 Å². The van der Waals surface area contributed by atoms with E-state index < -0.39 is 15.9 Å². The number of carbonyl (C=O) groups excluding carboxylic acids is 1. The van der Waals surface area contributed by atoms with E-state index in [9.17, 15) is 13.2 Å². The number of sulfonamides is 1. The highest BCUT2D eigenvalue weighted by atomic mass is 79.9. The fourth-order valence-corrected chi connectivity index (χ4v) is 3.79. The van der Waals surface area contributed by atoms with Crippen molar-refractivity contribution in [3.8, 4) is 0 Å². The number of halogens is 1. The van der Waals surface area contributed by atoms with E-state index in [2.05, 4.69) is 25.6 Å². The van der Waals surface area contributed by atoms with Crippen LogP contribution in [0.2, 0.25) is 0 Å². The zero-order valence-electron chi connectivity index (χ0n) is 14.0. The van der Waals surface area contributed by atoms with Crippen molar-refractivity contribution < 1.29 is 13.2 Å². The lowest BCUT2D eigenvalue weighted by Gasteiger charge is -2.10. The smallest absolute Gasteiger partial charge is 0.284 e. The van der Waals surface area contributed by atoms with E-state index in [1.54, 1.807) is 72.8 Å². The average Bonchev–Trinajstić information content (AvgIpc) is 2.69. The molecular formula is C20H15BrN2O3S. The van der Waals surface area contributed by atoms with Crippen LogP contribution in [0.4, 0.5) is 0 Å². The molecule has 0 atom stereocenters. The maximum absolute atomic E-state index is 12.7. The molecule has 0 fully saturated rings. The third-order valence-corrected chi connectivity index (χ3v) is 5.63. The van der Waals surface area contributed by atoms with Crippen LogP contribution in [0.5, 0.6) is 0 Å². The molecule has 136 valence electrons. The molecule has 7 heteroatoms.